The summed E-state index contributed by atoms with van der Waals surface area (Å²) >= 11 is 4.97. The van der Waals surface area contributed by atoms with E-state index in [1.165, 1.54) is 17.3 Å². The Morgan fingerprint density at radius 3 is 2.87 bits per heavy atom. The first kappa shape index (κ1) is 13.0. The summed E-state index contributed by atoms with van der Waals surface area (Å²) in [5, 5.41) is 4.52. The van der Waals surface area contributed by atoms with E-state index in [-0.39, 0.29) is 0 Å². The van der Waals surface area contributed by atoms with Crippen LogP contribution in [0, 0.1) is 5.92 Å². The van der Waals surface area contributed by atoms with Gasteiger partial charge in [-0.15, -0.1) is 11.8 Å². The van der Waals surface area contributed by atoms with Crippen LogP contribution in [-0.2, 0) is 0 Å². The molecule has 1 atom stereocenters. The fourth-order valence-electron chi connectivity index (χ4n) is 1.21. The van der Waals surface area contributed by atoms with Crippen LogP contribution < -0.4 is 11.1 Å². The van der Waals surface area contributed by atoms with Gasteiger partial charge in [0.15, 0.2) is 5.82 Å². The SMILES string of the molecule is CSCC(C)CNc1snc(N)c1SC. The first-order chi connectivity index (χ1) is 7.19. The minimum Gasteiger partial charge on any atom is -0.382 e. The van der Waals surface area contributed by atoms with Crippen molar-refractivity contribution in [3.8, 4) is 0 Å². The molecule has 0 aliphatic carbocycles. The van der Waals surface area contributed by atoms with Crippen molar-refractivity contribution in [2.24, 2.45) is 5.92 Å². The van der Waals surface area contributed by atoms with Crippen LogP contribution in [0.5, 0.6) is 0 Å². The van der Waals surface area contributed by atoms with Crippen molar-refractivity contribution in [3.05, 3.63) is 0 Å². The number of hydrogen-bond acceptors (Lipinski definition) is 6. The maximum absolute atomic E-state index is 5.75. The molecule has 1 aromatic rings. The maximum atomic E-state index is 5.75. The van der Waals surface area contributed by atoms with E-state index in [9.17, 15) is 0 Å². The molecule has 0 saturated heterocycles. The Kier molecular flexibility index (Phi) is 5.63. The molecule has 0 bridgehead atoms. The van der Waals surface area contributed by atoms with Crippen LogP contribution in [0.25, 0.3) is 0 Å². The molecule has 6 heteroatoms. The summed E-state index contributed by atoms with van der Waals surface area (Å²) in [6.45, 7) is 3.22. The van der Waals surface area contributed by atoms with E-state index in [1.807, 2.05) is 18.0 Å². The number of anilines is 2. The number of nitrogens with zero attached hydrogens (tertiary/aromatic N) is 1. The molecule has 0 aliphatic heterocycles. The van der Waals surface area contributed by atoms with Crippen molar-refractivity contribution in [2.45, 2.75) is 11.8 Å². The van der Waals surface area contributed by atoms with E-state index in [0.717, 1.165) is 16.4 Å². The minimum atomic E-state index is 0.646. The van der Waals surface area contributed by atoms with Gasteiger partial charge in [-0.1, -0.05) is 6.92 Å². The number of aromatic nitrogens is 1. The first-order valence-corrected chi connectivity index (χ1v) is 8.10. The molecule has 0 amide bonds. The second-order valence-corrected chi connectivity index (χ2v) is 5.87. The lowest BCUT2D eigenvalue weighted by molar-refractivity contribution is 0.702. The fourth-order valence-corrected chi connectivity index (χ4v) is 3.45. The van der Waals surface area contributed by atoms with Crippen LogP contribution in [0.15, 0.2) is 4.90 Å². The van der Waals surface area contributed by atoms with E-state index in [0.29, 0.717) is 11.7 Å². The number of rotatable bonds is 6. The molecule has 1 heterocycles. The van der Waals surface area contributed by atoms with E-state index < -0.39 is 0 Å². The monoisotopic (exact) mass is 263 g/mol. The van der Waals surface area contributed by atoms with Gasteiger partial charge in [0.1, 0.15) is 5.00 Å². The second kappa shape index (κ2) is 6.50. The third-order valence-corrected chi connectivity index (χ3v) is 4.61. The summed E-state index contributed by atoms with van der Waals surface area (Å²) in [5.74, 6) is 2.49. The van der Waals surface area contributed by atoms with Crippen LogP contribution in [0.4, 0.5) is 10.8 Å². The average molecular weight is 263 g/mol. The molecule has 1 aromatic heterocycles. The lowest BCUT2D eigenvalue weighted by Crippen LogP contribution is -2.12. The van der Waals surface area contributed by atoms with Gasteiger partial charge in [-0.2, -0.15) is 16.1 Å². The Balaban J connectivity index is 2.50. The lowest BCUT2D eigenvalue weighted by Gasteiger charge is -2.11. The molecule has 0 radical (unpaired) electrons. The highest BCUT2D eigenvalue weighted by atomic mass is 32.2. The first-order valence-electron chi connectivity index (χ1n) is 4.71. The minimum absolute atomic E-state index is 0.646. The largest absolute Gasteiger partial charge is 0.382 e. The zero-order valence-corrected chi connectivity index (χ0v) is 11.7. The van der Waals surface area contributed by atoms with Crippen molar-refractivity contribution < 1.29 is 0 Å². The fraction of sp³-hybridized carbons (Fsp3) is 0.667. The smallest absolute Gasteiger partial charge is 0.153 e. The normalized spacial score (nSPS) is 12.7. The van der Waals surface area contributed by atoms with Gasteiger partial charge in [-0.25, -0.2) is 0 Å². The van der Waals surface area contributed by atoms with Crippen LogP contribution in [0.3, 0.4) is 0 Å². The van der Waals surface area contributed by atoms with Gasteiger partial charge in [-0.3, -0.25) is 0 Å². The Bertz CT molecular complexity index is 301. The summed E-state index contributed by atoms with van der Waals surface area (Å²) < 4.78 is 4.14. The van der Waals surface area contributed by atoms with Crippen molar-refractivity contribution in [3.63, 3.8) is 0 Å². The van der Waals surface area contributed by atoms with Gasteiger partial charge in [0.2, 0.25) is 0 Å². The van der Waals surface area contributed by atoms with Crippen molar-refractivity contribution in [2.75, 3.05) is 35.9 Å². The molecule has 0 fully saturated rings. The van der Waals surface area contributed by atoms with Gasteiger partial charge in [0.05, 0.1) is 4.90 Å². The number of hydrogen-bond donors (Lipinski definition) is 2. The van der Waals surface area contributed by atoms with Crippen LogP contribution >= 0.6 is 35.1 Å². The Hall–Kier alpha value is -0.0700. The standard InChI is InChI=1S/C9H17N3S3/c1-6(5-13-2)4-11-9-7(14-3)8(10)12-15-9/h6,11H,4-5H2,1-3H3,(H2,10,12). The number of thioether (sulfide) groups is 2. The molecule has 0 aliphatic rings. The molecule has 86 valence electrons. The number of nitrogens with one attached hydrogen (secondary N) is 1. The molecule has 3 N–H and O–H groups in total. The van der Waals surface area contributed by atoms with E-state index >= 15 is 0 Å². The van der Waals surface area contributed by atoms with Gasteiger partial charge < -0.3 is 11.1 Å². The number of nitrogen functional groups attached to an aromatic ring is 1. The van der Waals surface area contributed by atoms with Gasteiger partial charge in [0.25, 0.3) is 0 Å². The maximum Gasteiger partial charge on any atom is 0.153 e. The summed E-state index contributed by atoms with van der Waals surface area (Å²) in [6, 6.07) is 0. The molecule has 0 aromatic carbocycles. The zero-order valence-electron chi connectivity index (χ0n) is 9.24. The summed E-state index contributed by atoms with van der Waals surface area (Å²) in [6.07, 6.45) is 4.16. The molecule has 15 heavy (non-hydrogen) atoms. The lowest BCUT2D eigenvalue weighted by atomic mass is 10.2. The molecular weight excluding hydrogens is 246 g/mol. The molecule has 3 nitrogen and oxygen atoms in total. The molecule has 0 spiro atoms. The number of nitrogens with two attached hydrogens (primary N) is 1. The Morgan fingerprint density at radius 2 is 2.27 bits per heavy atom. The van der Waals surface area contributed by atoms with E-state index in [4.69, 9.17) is 5.73 Å². The third kappa shape index (κ3) is 3.77. The van der Waals surface area contributed by atoms with Gasteiger partial charge in [-0.05, 0) is 35.7 Å². The topological polar surface area (TPSA) is 50.9 Å². The Labute approximate surface area is 104 Å². The predicted molar refractivity (Wildman–Crippen MR) is 74.3 cm³/mol. The molecular formula is C9H17N3S3. The molecule has 1 unspecified atom stereocenters. The zero-order chi connectivity index (χ0) is 11.3. The van der Waals surface area contributed by atoms with Gasteiger partial charge in [0, 0.05) is 6.54 Å². The van der Waals surface area contributed by atoms with E-state index in [2.05, 4.69) is 22.9 Å². The van der Waals surface area contributed by atoms with Crippen molar-refractivity contribution in [1.82, 2.24) is 4.37 Å². The van der Waals surface area contributed by atoms with Gasteiger partial charge >= 0.3 is 0 Å². The molecule has 0 saturated carbocycles. The summed E-state index contributed by atoms with van der Waals surface area (Å²) in [5.41, 5.74) is 5.75. The molecule has 1 rings (SSSR count). The highest BCUT2D eigenvalue weighted by Crippen LogP contribution is 2.34. The quantitative estimate of drug-likeness (QED) is 0.773. The van der Waals surface area contributed by atoms with Crippen molar-refractivity contribution in [1.29, 1.82) is 0 Å². The highest BCUT2D eigenvalue weighted by Gasteiger charge is 2.10. The van der Waals surface area contributed by atoms with Crippen LogP contribution in [0.2, 0.25) is 0 Å². The summed E-state index contributed by atoms with van der Waals surface area (Å²) in [4.78, 5) is 1.08. The highest BCUT2D eigenvalue weighted by molar-refractivity contribution is 7.99. The second-order valence-electron chi connectivity index (χ2n) is 3.37. The van der Waals surface area contributed by atoms with Crippen LogP contribution in [0.1, 0.15) is 6.92 Å². The van der Waals surface area contributed by atoms with Crippen LogP contribution in [-0.4, -0.2) is 29.2 Å². The predicted octanol–water partition coefficient (Wildman–Crippen LogP) is 2.86. The average Bonchev–Trinajstić information content (AvgIpc) is 2.56. The Morgan fingerprint density at radius 1 is 1.53 bits per heavy atom. The third-order valence-electron chi connectivity index (χ3n) is 1.94. The summed E-state index contributed by atoms with van der Waals surface area (Å²) in [7, 11) is 0. The van der Waals surface area contributed by atoms with E-state index in [1.54, 1.807) is 11.8 Å². The van der Waals surface area contributed by atoms with Crippen molar-refractivity contribution >= 4 is 45.9 Å².